The molecule has 1 aliphatic rings. The highest BCUT2D eigenvalue weighted by Gasteiger charge is 2.30. The minimum atomic E-state index is -3.79. The van der Waals surface area contributed by atoms with Gasteiger partial charge in [-0.2, -0.15) is 16.5 Å². The van der Waals surface area contributed by atoms with Gasteiger partial charge in [0.2, 0.25) is 21.8 Å². The maximum Gasteiger partial charge on any atom is 0.241 e. The number of likely N-dealkylation sites (N-methyl/N-ethyl adjacent to an activating group) is 1. The summed E-state index contributed by atoms with van der Waals surface area (Å²) >= 11 is 1.57. The van der Waals surface area contributed by atoms with E-state index in [9.17, 15) is 18.0 Å². The first-order valence-corrected chi connectivity index (χ1v) is 12.9. The number of carbonyl (C=O) groups is 2. The molecule has 30 heavy (non-hydrogen) atoms. The molecule has 0 spiro atoms. The Morgan fingerprint density at radius 3 is 2.47 bits per heavy atom. The minimum Gasteiger partial charge on any atom is -0.348 e. The number of thioether (sulfide) groups is 1. The number of benzene rings is 1. The molecular weight excluding hydrogens is 424 g/mol. The number of hydrogen-bond donors (Lipinski definition) is 1. The van der Waals surface area contributed by atoms with Crippen molar-refractivity contribution in [3.63, 3.8) is 0 Å². The van der Waals surface area contributed by atoms with Gasteiger partial charge < -0.3 is 9.80 Å². The Hall–Kier alpha value is -1.62. The predicted octanol–water partition coefficient (Wildman–Crippen LogP) is 0.709. The Bertz CT molecular complexity index is 802. The second-order valence-electron chi connectivity index (χ2n) is 7.51. The van der Waals surface area contributed by atoms with E-state index < -0.39 is 16.1 Å². The zero-order chi connectivity index (χ0) is 22.1. The molecule has 0 radical (unpaired) electrons. The van der Waals surface area contributed by atoms with E-state index in [1.165, 1.54) is 12.1 Å². The van der Waals surface area contributed by atoms with Gasteiger partial charge in [0.15, 0.2) is 0 Å². The summed E-state index contributed by atoms with van der Waals surface area (Å²) in [6.45, 7) is 2.67. The lowest BCUT2D eigenvalue weighted by Gasteiger charge is -2.27. The van der Waals surface area contributed by atoms with Gasteiger partial charge in [-0.25, -0.2) is 8.42 Å². The van der Waals surface area contributed by atoms with E-state index in [2.05, 4.69) is 4.72 Å². The van der Waals surface area contributed by atoms with Crippen LogP contribution in [0.2, 0.25) is 0 Å². The van der Waals surface area contributed by atoms with E-state index in [0.717, 1.165) is 13.0 Å². The molecule has 1 aliphatic heterocycles. The van der Waals surface area contributed by atoms with E-state index in [1.807, 2.05) is 11.2 Å². The molecule has 8 nitrogen and oxygen atoms in total. The Morgan fingerprint density at radius 1 is 1.13 bits per heavy atom. The Morgan fingerprint density at radius 2 is 1.83 bits per heavy atom. The van der Waals surface area contributed by atoms with Crippen molar-refractivity contribution in [2.24, 2.45) is 0 Å². The summed E-state index contributed by atoms with van der Waals surface area (Å²) in [6.07, 6.45) is 3.09. The van der Waals surface area contributed by atoms with Crippen LogP contribution in [0.1, 0.15) is 12.8 Å². The number of carbonyl (C=O) groups excluding carboxylic acids is 2. The number of amides is 2. The van der Waals surface area contributed by atoms with E-state index in [4.69, 9.17) is 0 Å². The van der Waals surface area contributed by atoms with Crippen LogP contribution in [0.5, 0.6) is 0 Å². The number of nitrogens with zero attached hydrogens (tertiary/aromatic N) is 3. The molecular formula is C20H32N4O4S2. The van der Waals surface area contributed by atoms with Crippen molar-refractivity contribution in [2.45, 2.75) is 23.8 Å². The normalized spacial score (nSPS) is 16.7. The SMILES string of the molecule is CSCCC(NS(=O)(=O)c1ccccc1)C(=O)N1CCCN(CC(=O)N(C)C)CC1. The molecule has 1 aromatic rings. The summed E-state index contributed by atoms with van der Waals surface area (Å²) in [7, 11) is -0.332. The fraction of sp³-hybridized carbons (Fsp3) is 0.600. The van der Waals surface area contributed by atoms with Gasteiger partial charge in [0.25, 0.3) is 0 Å². The van der Waals surface area contributed by atoms with E-state index in [1.54, 1.807) is 53.9 Å². The lowest BCUT2D eigenvalue weighted by Crippen LogP contribution is -2.49. The summed E-state index contributed by atoms with van der Waals surface area (Å²) in [6, 6.07) is 7.29. The van der Waals surface area contributed by atoms with Crippen LogP contribution in [0.3, 0.4) is 0 Å². The third-order valence-corrected chi connectivity index (χ3v) is 7.15. The van der Waals surface area contributed by atoms with Crippen molar-refractivity contribution < 1.29 is 18.0 Å². The molecule has 0 saturated carbocycles. The van der Waals surface area contributed by atoms with Crippen molar-refractivity contribution in [1.82, 2.24) is 19.4 Å². The molecule has 0 bridgehead atoms. The maximum atomic E-state index is 13.2. The smallest absolute Gasteiger partial charge is 0.241 e. The lowest BCUT2D eigenvalue weighted by atomic mass is 10.2. The van der Waals surface area contributed by atoms with Crippen LogP contribution in [-0.2, 0) is 19.6 Å². The Labute approximate surface area is 184 Å². The zero-order valence-corrected chi connectivity index (χ0v) is 19.5. The molecule has 2 rings (SSSR count). The van der Waals surface area contributed by atoms with Gasteiger partial charge in [-0.3, -0.25) is 14.5 Å². The van der Waals surface area contributed by atoms with Gasteiger partial charge in [0.05, 0.1) is 11.4 Å². The van der Waals surface area contributed by atoms with Gasteiger partial charge >= 0.3 is 0 Å². The molecule has 1 N–H and O–H groups in total. The molecule has 1 unspecified atom stereocenters. The fourth-order valence-corrected chi connectivity index (χ4v) is 4.94. The first-order chi connectivity index (χ1) is 14.2. The largest absolute Gasteiger partial charge is 0.348 e. The average Bonchev–Trinajstić information content (AvgIpc) is 2.96. The maximum absolute atomic E-state index is 13.2. The minimum absolute atomic E-state index is 0.0308. The molecule has 1 heterocycles. The third-order valence-electron chi connectivity index (χ3n) is 5.02. The van der Waals surface area contributed by atoms with Crippen LogP contribution >= 0.6 is 11.8 Å². The predicted molar refractivity (Wildman–Crippen MR) is 120 cm³/mol. The molecule has 0 aromatic heterocycles. The van der Waals surface area contributed by atoms with E-state index in [0.29, 0.717) is 38.4 Å². The molecule has 1 fully saturated rings. The summed E-state index contributed by atoms with van der Waals surface area (Å²) < 4.78 is 28.1. The van der Waals surface area contributed by atoms with E-state index in [-0.39, 0.29) is 16.7 Å². The van der Waals surface area contributed by atoms with Crippen LogP contribution < -0.4 is 4.72 Å². The fourth-order valence-electron chi connectivity index (χ4n) is 3.23. The van der Waals surface area contributed by atoms with Crippen LogP contribution in [0.25, 0.3) is 0 Å². The van der Waals surface area contributed by atoms with E-state index >= 15 is 0 Å². The third kappa shape index (κ3) is 7.26. The standard InChI is InChI=1S/C20H32N4O4S2/c1-22(2)19(25)16-23-11-7-12-24(14-13-23)20(26)18(10-15-29-3)21-30(27,28)17-8-5-4-6-9-17/h4-6,8-9,18,21H,7,10-16H2,1-3H3. The zero-order valence-electron chi connectivity index (χ0n) is 17.9. The average molecular weight is 457 g/mol. The molecule has 2 amide bonds. The second-order valence-corrected chi connectivity index (χ2v) is 10.2. The van der Waals surface area contributed by atoms with Crippen LogP contribution in [0.4, 0.5) is 0 Å². The van der Waals surface area contributed by atoms with Crippen LogP contribution in [0, 0.1) is 0 Å². The molecule has 0 aliphatic carbocycles. The van der Waals surface area contributed by atoms with Crippen molar-refractivity contribution in [1.29, 1.82) is 0 Å². The van der Waals surface area contributed by atoms with Crippen molar-refractivity contribution in [2.75, 3.05) is 58.8 Å². The second kappa shape index (κ2) is 11.7. The highest BCUT2D eigenvalue weighted by molar-refractivity contribution is 7.98. The van der Waals surface area contributed by atoms with Gasteiger partial charge in [-0.1, -0.05) is 18.2 Å². The Balaban J connectivity index is 2.06. The van der Waals surface area contributed by atoms with Crippen molar-refractivity contribution in [3.8, 4) is 0 Å². The van der Waals surface area contributed by atoms with Crippen molar-refractivity contribution in [3.05, 3.63) is 30.3 Å². The van der Waals surface area contributed by atoms with Gasteiger partial charge in [-0.05, 0) is 37.0 Å². The first kappa shape index (κ1) is 24.6. The number of rotatable bonds is 9. The Kier molecular flexibility index (Phi) is 9.60. The first-order valence-electron chi connectivity index (χ1n) is 10.0. The topological polar surface area (TPSA) is 90.0 Å². The number of sulfonamides is 1. The molecule has 168 valence electrons. The summed E-state index contributed by atoms with van der Waals surface area (Å²) in [5.41, 5.74) is 0. The lowest BCUT2D eigenvalue weighted by molar-refractivity contribution is -0.132. The highest BCUT2D eigenvalue weighted by atomic mass is 32.2. The van der Waals surface area contributed by atoms with Crippen LogP contribution in [-0.4, -0.2) is 99.8 Å². The summed E-state index contributed by atoms with van der Waals surface area (Å²) in [4.78, 5) is 30.7. The summed E-state index contributed by atoms with van der Waals surface area (Å²) in [5, 5.41) is 0. The molecule has 1 aromatic carbocycles. The highest BCUT2D eigenvalue weighted by Crippen LogP contribution is 2.13. The molecule has 1 saturated heterocycles. The van der Waals surface area contributed by atoms with Gasteiger partial charge in [0, 0.05) is 40.3 Å². The molecule has 10 heteroatoms. The monoisotopic (exact) mass is 456 g/mol. The van der Waals surface area contributed by atoms with Gasteiger partial charge in [0.1, 0.15) is 6.04 Å². The number of hydrogen-bond acceptors (Lipinski definition) is 6. The molecule has 1 atom stereocenters. The quantitative estimate of drug-likeness (QED) is 0.589. The van der Waals surface area contributed by atoms with Gasteiger partial charge in [-0.15, -0.1) is 0 Å². The van der Waals surface area contributed by atoms with Crippen molar-refractivity contribution >= 4 is 33.6 Å². The number of nitrogens with one attached hydrogen (secondary N) is 1. The summed E-state index contributed by atoms with van der Waals surface area (Å²) in [5.74, 6) is 0.498. The van der Waals surface area contributed by atoms with Crippen LogP contribution in [0.15, 0.2) is 35.2 Å².